The van der Waals surface area contributed by atoms with Gasteiger partial charge in [-0.2, -0.15) is 0 Å². The third-order valence-electron chi connectivity index (χ3n) is 7.03. The van der Waals surface area contributed by atoms with Gasteiger partial charge in [-0.15, -0.1) is 0 Å². The molecule has 2 saturated carbocycles. The first-order valence-corrected chi connectivity index (χ1v) is 12.6. The summed E-state index contributed by atoms with van der Waals surface area (Å²) in [4.78, 5) is 25.8. The van der Waals surface area contributed by atoms with Gasteiger partial charge in [-0.1, -0.05) is 20.8 Å². The van der Waals surface area contributed by atoms with Crippen molar-refractivity contribution in [3.05, 3.63) is 0 Å². The molecule has 4 unspecified atom stereocenters. The van der Waals surface area contributed by atoms with Crippen LogP contribution < -0.4 is 0 Å². The lowest BCUT2D eigenvalue weighted by molar-refractivity contribution is -0.163. The summed E-state index contributed by atoms with van der Waals surface area (Å²) in [6.45, 7) is 15.3. The summed E-state index contributed by atoms with van der Waals surface area (Å²) in [7, 11) is -3.90. The molecule has 0 aromatic heterocycles. The predicted octanol–water partition coefficient (Wildman–Crippen LogP) is 5.11. The molecule has 0 aromatic rings. The Bertz CT molecular complexity index is 686. The van der Waals surface area contributed by atoms with Gasteiger partial charge in [0.15, 0.2) is 5.66 Å². The Kier molecular flexibility index (Phi) is 7.53. The normalized spacial score (nSPS) is 28.9. The van der Waals surface area contributed by atoms with E-state index in [9.17, 15) is 14.2 Å². The minimum absolute atomic E-state index is 0.0855. The zero-order valence-corrected chi connectivity index (χ0v) is 20.7. The van der Waals surface area contributed by atoms with Gasteiger partial charge in [0.1, 0.15) is 11.7 Å². The third-order valence-corrected chi connectivity index (χ3v) is 9.42. The van der Waals surface area contributed by atoms with E-state index in [1.54, 1.807) is 34.6 Å². The molecule has 2 rings (SSSR count). The van der Waals surface area contributed by atoms with Crippen LogP contribution in [0.2, 0.25) is 0 Å². The lowest BCUT2D eigenvalue weighted by atomic mass is 9.70. The van der Waals surface area contributed by atoms with Crippen LogP contribution in [0.25, 0.3) is 0 Å². The van der Waals surface area contributed by atoms with E-state index in [2.05, 4.69) is 20.8 Å². The van der Waals surface area contributed by atoms with Crippen molar-refractivity contribution in [3.63, 3.8) is 0 Å². The molecule has 0 saturated heterocycles. The first-order chi connectivity index (χ1) is 13.7. The molecule has 2 fully saturated rings. The lowest BCUT2D eigenvalue weighted by Gasteiger charge is -2.38. The maximum Gasteiger partial charge on any atom is 0.345 e. The molecule has 2 bridgehead atoms. The van der Waals surface area contributed by atoms with Crippen LogP contribution in [-0.4, -0.2) is 42.5 Å². The summed E-state index contributed by atoms with van der Waals surface area (Å²) >= 11 is 0. The predicted molar refractivity (Wildman–Crippen MR) is 114 cm³/mol. The molecule has 0 radical (unpaired) electrons. The highest BCUT2D eigenvalue weighted by atomic mass is 31.2. The van der Waals surface area contributed by atoms with Crippen LogP contribution in [0, 0.1) is 16.7 Å². The van der Waals surface area contributed by atoms with E-state index < -0.39 is 37.2 Å². The van der Waals surface area contributed by atoms with Gasteiger partial charge >= 0.3 is 19.5 Å². The van der Waals surface area contributed by atoms with E-state index in [1.807, 2.05) is 0 Å². The van der Waals surface area contributed by atoms with Crippen molar-refractivity contribution >= 4 is 19.5 Å². The topological polar surface area (TPSA) is 88.1 Å². The Morgan fingerprint density at radius 2 is 1.67 bits per heavy atom. The zero-order valence-electron chi connectivity index (χ0n) is 19.8. The Hall–Kier alpha value is -0.910. The van der Waals surface area contributed by atoms with E-state index in [0.29, 0.717) is 5.92 Å². The molecule has 8 heteroatoms. The Balaban J connectivity index is 2.20. The first kappa shape index (κ1) is 25.4. The Labute approximate surface area is 181 Å². The molecule has 0 amide bonds. The minimum atomic E-state index is -3.90. The molecule has 0 aliphatic heterocycles. The van der Waals surface area contributed by atoms with E-state index in [4.69, 9.17) is 18.5 Å². The molecule has 0 spiro atoms. The summed E-state index contributed by atoms with van der Waals surface area (Å²) in [6, 6.07) is 0. The van der Waals surface area contributed by atoms with E-state index in [-0.39, 0.29) is 30.1 Å². The molecule has 0 aromatic carbocycles. The average Bonchev–Trinajstić information content (AvgIpc) is 2.92. The molecule has 4 atom stereocenters. The van der Waals surface area contributed by atoms with Crippen molar-refractivity contribution < 1.29 is 32.7 Å². The maximum atomic E-state index is 13.4. The number of carbonyl (C=O) groups is 2. The fourth-order valence-electron chi connectivity index (χ4n) is 4.94. The third kappa shape index (κ3) is 4.94. The Morgan fingerprint density at radius 3 is 2.07 bits per heavy atom. The highest BCUT2D eigenvalue weighted by Crippen LogP contribution is 2.66. The van der Waals surface area contributed by atoms with Crippen LogP contribution in [-0.2, 0) is 32.7 Å². The van der Waals surface area contributed by atoms with Crippen molar-refractivity contribution in [1.29, 1.82) is 0 Å². The lowest BCUT2D eigenvalue weighted by Crippen LogP contribution is -2.40. The van der Waals surface area contributed by atoms with Crippen LogP contribution in [0.15, 0.2) is 0 Å². The number of esters is 2. The first-order valence-electron chi connectivity index (χ1n) is 11.0. The second-order valence-electron chi connectivity index (χ2n) is 10.2. The quantitative estimate of drug-likeness (QED) is 0.359. The van der Waals surface area contributed by atoms with Gasteiger partial charge in [-0.05, 0) is 65.2 Å². The van der Waals surface area contributed by atoms with Crippen LogP contribution >= 0.6 is 7.60 Å². The maximum absolute atomic E-state index is 13.4. The molecule has 0 heterocycles. The number of hydrogen-bond acceptors (Lipinski definition) is 7. The van der Waals surface area contributed by atoms with Crippen LogP contribution in [0.3, 0.4) is 0 Å². The number of rotatable bonds is 9. The molecule has 30 heavy (non-hydrogen) atoms. The second kappa shape index (κ2) is 8.91. The molecular weight excluding hydrogens is 407 g/mol. The monoisotopic (exact) mass is 446 g/mol. The largest absolute Gasteiger partial charge is 0.462 e. The van der Waals surface area contributed by atoms with Crippen molar-refractivity contribution in [1.82, 2.24) is 0 Å². The number of hydrogen-bond donors (Lipinski definition) is 0. The molecule has 2 aliphatic carbocycles. The summed E-state index contributed by atoms with van der Waals surface area (Å²) in [5.74, 6) is -0.830. The average molecular weight is 447 g/mol. The molecule has 174 valence electrons. The summed E-state index contributed by atoms with van der Waals surface area (Å²) in [6.07, 6.45) is 2.36. The van der Waals surface area contributed by atoms with Gasteiger partial charge in [-0.25, -0.2) is 0 Å². The zero-order chi connectivity index (χ0) is 23.0. The SMILES string of the molecule is CCOP(=O)(OCC)C(CC(=O)OC1CC2CCC1(C)C2(C)C)C(=O)OC(C)(C)C. The fourth-order valence-corrected chi connectivity index (χ4v) is 6.78. The molecule has 2 aliphatic rings. The van der Waals surface area contributed by atoms with E-state index in [0.717, 1.165) is 19.3 Å². The summed E-state index contributed by atoms with van der Waals surface area (Å²) in [5, 5.41) is 0. The highest BCUT2D eigenvalue weighted by molar-refractivity contribution is 7.55. The van der Waals surface area contributed by atoms with Gasteiger partial charge < -0.3 is 18.5 Å². The fraction of sp³-hybridized carbons (Fsp3) is 0.909. The van der Waals surface area contributed by atoms with Gasteiger partial charge in [0.2, 0.25) is 0 Å². The standard InChI is InChI=1S/C22H39O7P/c1-9-26-30(25,27-10-2)16(19(24)29-20(3,4)5)14-18(23)28-17-13-15-11-12-22(17,8)21(15,6)7/h15-17H,9-14H2,1-8H3. The van der Waals surface area contributed by atoms with Gasteiger partial charge in [0.25, 0.3) is 0 Å². The molecular formula is C22H39O7P. The number of fused-ring (bicyclic) bond motifs is 2. The van der Waals surface area contributed by atoms with Gasteiger partial charge in [0.05, 0.1) is 19.6 Å². The molecule has 7 nitrogen and oxygen atoms in total. The molecule has 0 N–H and O–H groups in total. The summed E-state index contributed by atoms with van der Waals surface area (Å²) < 4.78 is 35.4. The van der Waals surface area contributed by atoms with Crippen LogP contribution in [0.5, 0.6) is 0 Å². The number of carbonyl (C=O) groups excluding carboxylic acids is 2. The van der Waals surface area contributed by atoms with Crippen molar-refractivity contribution in [2.75, 3.05) is 13.2 Å². The van der Waals surface area contributed by atoms with E-state index in [1.165, 1.54) is 0 Å². The van der Waals surface area contributed by atoms with Crippen molar-refractivity contribution in [2.45, 2.75) is 98.4 Å². The summed E-state index contributed by atoms with van der Waals surface area (Å²) in [5.41, 5.74) is -2.17. The van der Waals surface area contributed by atoms with Gasteiger partial charge in [0, 0.05) is 5.41 Å². The van der Waals surface area contributed by atoms with Crippen LogP contribution in [0.1, 0.15) is 81.1 Å². The smallest absolute Gasteiger partial charge is 0.345 e. The second-order valence-corrected chi connectivity index (χ2v) is 12.4. The van der Waals surface area contributed by atoms with E-state index >= 15 is 0 Å². The highest BCUT2D eigenvalue weighted by Gasteiger charge is 2.63. The Morgan fingerprint density at radius 1 is 1.10 bits per heavy atom. The minimum Gasteiger partial charge on any atom is -0.462 e. The number of ether oxygens (including phenoxy) is 2. The van der Waals surface area contributed by atoms with Gasteiger partial charge in [-0.3, -0.25) is 14.2 Å². The van der Waals surface area contributed by atoms with Crippen LogP contribution in [0.4, 0.5) is 0 Å². The van der Waals surface area contributed by atoms with Crippen molar-refractivity contribution in [2.24, 2.45) is 16.7 Å². The van der Waals surface area contributed by atoms with Crippen molar-refractivity contribution in [3.8, 4) is 0 Å².